The Morgan fingerprint density at radius 2 is 1.88 bits per heavy atom. The molecule has 3 rings (SSSR count). The van der Waals surface area contributed by atoms with Crippen LogP contribution in [0.2, 0.25) is 0 Å². The lowest BCUT2D eigenvalue weighted by Crippen LogP contribution is -2.28. The largest absolute Gasteiger partial charge is 0.355 e. The Labute approximate surface area is 137 Å². The number of carbonyl (C=O) groups is 1. The van der Waals surface area contributed by atoms with Crippen LogP contribution in [0.25, 0.3) is 11.3 Å². The Morgan fingerprint density at radius 3 is 2.52 bits per heavy atom. The molecule has 128 valence electrons. The summed E-state index contributed by atoms with van der Waals surface area (Å²) in [4.78, 5) is 39.3. The van der Waals surface area contributed by atoms with Gasteiger partial charge >= 0.3 is 5.69 Å². The second-order valence-electron chi connectivity index (χ2n) is 5.04. The van der Waals surface area contributed by atoms with Crippen molar-refractivity contribution < 1.29 is 18.1 Å². The van der Waals surface area contributed by atoms with Crippen molar-refractivity contribution in [3.05, 3.63) is 68.1 Å². The van der Waals surface area contributed by atoms with Gasteiger partial charge in [0.05, 0.1) is 5.56 Å². The third kappa shape index (κ3) is 3.09. The lowest BCUT2D eigenvalue weighted by Gasteiger charge is -2.04. The zero-order valence-electron chi connectivity index (χ0n) is 12.6. The van der Waals surface area contributed by atoms with Crippen LogP contribution in [0.3, 0.4) is 0 Å². The van der Waals surface area contributed by atoms with Crippen LogP contribution in [0.1, 0.15) is 16.2 Å². The molecule has 0 aliphatic carbocycles. The highest BCUT2D eigenvalue weighted by molar-refractivity contribution is 6.03. The van der Waals surface area contributed by atoms with Crippen molar-refractivity contribution in [2.75, 3.05) is 5.32 Å². The molecule has 0 aliphatic heterocycles. The minimum absolute atomic E-state index is 0.131. The van der Waals surface area contributed by atoms with Crippen molar-refractivity contribution in [1.82, 2.24) is 15.1 Å². The Kier molecular flexibility index (Phi) is 4.01. The second-order valence-corrected chi connectivity index (χ2v) is 5.04. The van der Waals surface area contributed by atoms with Gasteiger partial charge in [-0.2, -0.15) is 0 Å². The smallest absolute Gasteiger partial charge is 0.326 e. The van der Waals surface area contributed by atoms with Gasteiger partial charge in [0.25, 0.3) is 11.5 Å². The first-order valence-electron chi connectivity index (χ1n) is 6.92. The number of anilines is 1. The number of halogens is 2. The number of benzene rings is 1. The van der Waals surface area contributed by atoms with E-state index in [0.29, 0.717) is 0 Å². The van der Waals surface area contributed by atoms with Crippen molar-refractivity contribution in [2.45, 2.75) is 6.92 Å². The van der Waals surface area contributed by atoms with Crippen LogP contribution in [0.4, 0.5) is 14.5 Å². The van der Waals surface area contributed by atoms with E-state index in [1.165, 1.54) is 13.0 Å². The molecule has 1 amide bonds. The number of carbonyl (C=O) groups excluding carboxylic acids is 1. The van der Waals surface area contributed by atoms with Crippen LogP contribution >= 0.6 is 0 Å². The van der Waals surface area contributed by atoms with Crippen molar-refractivity contribution in [2.24, 2.45) is 0 Å². The molecule has 0 bridgehead atoms. The van der Waals surface area contributed by atoms with Gasteiger partial charge in [-0.15, -0.1) is 0 Å². The molecule has 25 heavy (non-hydrogen) atoms. The van der Waals surface area contributed by atoms with Crippen LogP contribution < -0.4 is 16.6 Å². The molecule has 3 N–H and O–H groups in total. The van der Waals surface area contributed by atoms with Crippen LogP contribution in [0, 0.1) is 18.6 Å². The summed E-state index contributed by atoms with van der Waals surface area (Å²) in [5.74, 6) is -2.90. The summed E-state index contributed by atoms with van der Waals surface area (Å²) in [5.41, 5.74) is -2.36. The Morgan fingerprint density at radius 1 is 1.20 bits per heavy atom. The molecule has 2 heterocycles. The highest BCUT2D eigenvalue weighted by Gasteiger charge is 2.20. The van der Waals surface area contributed by atoms with Gasteiger partial charge in [-0.1, -0.05) is 11.2 Å². The molecular weight excluding hydrogens is 338 g/mol. The third-order valence-corrected chi connectivity index (χ3v) is 3.32. The number of nitrogens with one attached hydrogen (secondary N) is 3. The van der Waals surface area contributed by atoms with Gasteiger partial charge in [-0.3, -0.25) is 14.6 Å². The molecule has 3 aromatic rings. The minimum Gasteiger partial charge on any atom is -0.355 e. The topological polar surface area (TPSA) is 121 Å². The van der Waals surface area contributed by atoms with E-state index in [0.717, 1.165) is 18.2 Å². The van der Waals surface area contributed by atoms with Crippen molar-refractivity contribution in [1.29, 1.82) is 0 Å². The number of hydrogen-bond acceptors (Lipinski definition) is 5. The molecule has 0 fully saturated rings. The fourth-order valence-corrected chi connectivity index (χ4v) is 2.16. The molecule has 0 radical (unpaired) electrons. The van der Waals surface area contributed by atoms with Crippen LogP contribution in [-0.2, 0) is 0 Å². The van der Waals surface area contributed by atoms with Crippen LogP contribution in [-0.4, -0.2) is 21.0 Å². The number of H-pyrrole nitrogens is 2. The van der Waals surface area contributed by atoms with E-state index in [4.69, 9.17) is 4.52 Å². The fourth-order valence-electron chi connectivity index (χ4n) is 2.16. The maximum atomic E-state index is 13.7. The van der Waals surface area contributed by atoms with Crippen LogP contribution in [0.5, 0.6) is 0 Å². The maximum absolute atomic E-state index is 13.7. The van der Waals surface area contributed by atoms with E-state index in [2.05, 4.69) is 15.5 Å². The van der Waals surface area contributed by atoms with Crippen LogP contribution in [0.15, 0.2) is 38.4 Å². The average Bonchev–Trinajstić information content (AvgIpc) is 3.00. The molecule has 1 aromatic carbocycles. The molecule has 0 unspecified atom stereocenters. The van der Waals surface area contributed by atoms with Gasteiger partial charge < -0.3 is 14.8 Å². The first-order chi connectivity index (χ1) is 11.9. The lowest BCUT2D eigenvalue weighted by molar-refractivity contribution is 0.101. The van der Waals surface area contributed by atoms with Crippen molar-refractivity contribution in [3.63, 3.8) is 0 Å². The summed E-state index contributed by atoms with van der Waals surface area (Å²) in [6.45, 7) is 1.41. The summed E-state index contributed by atoms with van der Waals surface area (Å²) in [5, 5.41) is 5.70. The monoisotopic (exact) mass is 348 g/mol. The molecule has 10 heteroatoms. The summed E-state index contributed by atoms with van der Waals surface area (Å²) < 4.78 is 32.3. The van der Waals surface area contributed by atoms with Gasteiger partial charge in [-0.05, 0) is 19.1 Å². The lowest BCUT2D eigenvalue weighted by atomic mass is 10.1. The Hall–Kier alpha value is -3.56. The summed E-state index contributed by atoms with van der Waals surface area (Å²) in [6, 6.07) is 4.28. The molecule has 0 saturated heterocycles. The van der Waals surface area contributed by atoms with Gasteiger partial charge in [-0.25, -0.2) is 13.6 Å². The van der Waals surface area contributed by atoms with E-state index in [-0.39, 0.29) is 22.8 Å². The molecule has 2 aromatic heterocycles. The summed E-state index contributed by atoms with van der Waals surface area (Å²) in [6.07, 6.45) is 0. The number of amides is 1. The third-order valence-electron chi connectivity index (χ3n) is 3.32. The van der Waals surface area contributed by atoms with E-state index in [1.807, 2.05) is 4.98 Å². The van der Waals surface area contributed by atoms with Gasteiger partial charge in [0.1, 0.15) is 17.3 Å². The summed E-state index contributed by atoms with van der Waals surface area (Å²) in [7, 11) is 0. The van der Waals surface area contributed by atoms with Gasteiger partial charge in [0.15, 0.2) is 11.5 Å². The van der Waals surface area contributed by atoms with E-state index >= 15 is 0 Å². The molecule has 0 atom stereocenters. The zero-order valence-corrected chi connectivity index (χ0v) is 12.6. The van der Waals surface area contributed by atoms with Crippen molar-refractivity contribution in [3.8, 4) is 11.3 Å². The van der Waals surface area contributed by atoms with Gasteiger partial charge in [0.2, 0.25) is 0 Å². The molecular formula is C15H10F2N4O4. The molecule has 0 saturated carbocycles. The maximum Gasteiger partial charge on any atom is 0.326 e. The van der Waals surface area contributed by atoms with Crippen molar-refractivity contribution >= 4 is 11.6 Å². The number of rotatable bonds is 3. The highest BCUT2D eigenvalue weighted by atomic mass is 19.1. The van der Waals surface area contributed by atoms with E-state index < -0.39 is 34.4 Å². The first kappa shape index (κ1) is 16.3. The molecule has 0 spiro atoms. The predicted molar refractivity (Wildman–Crippen MR) is 82.2 cm³/mol. The molecule has 0 aliphatic rings. The normalized spacial score (nSPS) is 10.7. The van der Waals surface area contributed by atoms with Gasteiger partial charge in [0, 0.05) is 11.8 Å². The second kappa shape index (κ2) is 6.15. The Bertz CT molecular complexity index is 1060. The van der Waals surface area contributed by atoms with E-state index in [9.17, 15) is 23.2 Å². The standard InChI is InChI=1S/C15H10F2N4O4/c1-6-12(14(23)20-15(24)18-6)19-13(22)9-5-10(25-21-9)11-7(16)3-2-4-8(11)17/h2-5H,1H3,(H,19,22)(H2,18,20,23,24). The quantitative estimate of drug-likeness (QED) is 0.663. The van der Waals surface area contributed by atoms with E-state index in [1.54, 1.807) is 0 Å². The highest BCUT2D eigenvalue weighted by Crippen LogP contribution is 2.26. The zero-order chi connectivity index (χ0) is 18.1. The number of hydrogen-bond donors (Lipinski definition) is 3. The SMILES string of the molecule is Cc1[nH]c(=O)[nH]c(=O)c1NC(=O)c1cc(-c2c(F)cccc2F)on1. The predicted octanol–water partition coefficient (Wildman–Crippen LogP) is 1.56. The average molecular weight is 348 g/mol. The molecule has 8 nitrogen and oxygen atoms in total. The number of aromatic amines is 2. The fraction of sp³-hybridized carbons (Fsp3) is 0.0667. The summed E-state index contributed by atoms with van der Waals surface area (Å²) >= 11 is 0. The number of aromatic nitrogens is 3. The number of nitrogens with zero attached hydrogens (tertiary/aromatic N) is 1. The number of aryl methyl sites for hydroxylation is 1. The Balaban J connectivity index is 1.92. The minimum atomic E-state index is -0.879. The first-order valence-corrected chi connectivity index (χ1v) is 6.92.